The first-order valence-corrected chi connectivity index (χ1v) is 6.22. The quantitative estimate of drug-likeness (QED) is 0.588. The summed E-state index contributed by atoms with van der Waals surface area (Å²) in [6.45, 7) is 2.42. The maximum absolute atomic E-state index is 12.5. The van der Waals surface area contributed by atoms with E-state index in [1.165, 1.54) is 12.1 Å². The highest BCUT2D eigenvalue weighted by atomic mass is 32.1. The van der Waals surface area contributed by atoms with Crippen LogP contribution in [0.25, 0.3) is 0 Å². The zero-order valence-corrected chi connectivity index (χ0v) is 11.5. The number of amides is 1. The van der Waals surface area contributed by atoms with E-state index in [4.69, 9.17) is 12.2 Å². The van der Waals surface area contributed by atoms with Crippen molar-refractivity contribution in [3.8, 4) is 0 Å². The number of carbonyl (C=O) groups excluding carboxylic acids is 1. The summed E-state index contributed by atoms with van der Waals surface area (Å²) in [5.74, 6) is -0.482. The summed E-state index contributed by atoms with van der Waals surface area (Å²) in [7, 11) is 0. The number of alkyl halides is 3. The van der Waals surface area contributed by atoms with Gasteiger partial charge in [-0.3, -0.25) is 15.6 Å². The molecule has 1 aromatic rings. The summed E-state index contributed by atoms with van der Waals surface area (Å²) < 4.78 is 37.5. The second-order valence-corrected chi connectivity index (χ2v) is 4.32. The minimum Gasteiger partial charge on any atom is -0.362 e. The molecule has 4 nitrogen and oxygen atoms in total. The molecule has 0 aromatic heterocycles. The number of thiocarbonyl (C=S) groups is 1. The van der Waals surface area contributed by atoms with Gasteiger partial charge >= 0.3 is 6.18 Å². The largest absolute Gasteiger partial charge is 0.416 e. The Hall–Kier alpha value is -1.83. The smallest absolute Gasteiger partial charge is 0.362 e. The van der Waals surface area contributed by atoms with E-state index >= 15 is 0 Å². The van der Waals surface area contributed by atoms with Crippen LogP contribution in [0, 0.1) is 0 Å². The molecule has 8 heteroatoms. The van der Waals surface area contributed by atoms with Crippen molar-refractivity contribution >= 4 is 23.2 Å². The summed E-state index contributed by atoms with van der Waals surface area (Å²) >= 11 is 4.82. The number of carbonyl (C=O) groups is 1. The Bertz CT molecular complexity index is 491. The van der Waals surface area contributed by atoms with Gasteiger partial charge < -0.3 is 5.32 Å². The molecular formula is C12H14F3N3OS. The fourth-order valence-corrected chi connectivity index (χ4v) is 1.61. The first-order chi connectivity index (χ1) is 9.32. The molecule has 1 rings (SSSR count). The average Bonchev–Trinajstić information content (AvgIpc) is 2.36. The maximum Gasteiger partial charge on any atom is 0.416 e. The van der Waals surface area contributed by atoms with Crippen LogP contribution in [0.5, 0.6) is 0 Å². The van der Waals surface area contributed by atoms with Crippen molar-refractivity contribution in [3.05, 3.63) is 35.4 Å². The van der Waals surface area contributed by atoms with Crippen molar-refractivity contribution in [3.63, 3.8) is 0 Å². The van der Waals surface area contributed by atoms with Gasteiger partial charge in [-0.05, 0) is 30.8 Å². The molecule has 0 spiro atoms. The van der Waals surface area contributed by atoms with Gasteiger partial charge in [0.1, 0.15) is 0 Å². The lowest BCUT2D eigenvalue weighted by Gasteiger charge is -2.11. The van der Waals surface area contributed by atoms with Crippen molar-refractivity contribution in [2.75, 3.05) is 6.54 Å². The van der Waals surface area contributed by atoms with Gasteiger partial charge in [-0.2, -0.15) is 13.2 Å². The zero-order valence-electron chi connectivity index (χ0n) is 10.7. The highest BCUT2D eigenvalue weighted by Crippen LogP contribution is 2.29. The van der Waals surface area contributed by atoms with Gasteiger partial charge in [-0.1, -0.05) is 18.2 Å². The van der Waals surface area contributed by atoms with Crippen LogP contribution in [-0.2, 0) is 17.4 Å². The van der Waals surface area contributed by atoms with Crippen LogP contribution in [0.4, 0.5) is 13.2 Å². The lowest BCUT2D eigenvalue weighted by atomic mass is 10.1. The number of benzene rings is 1. The van der Waals surface area contributed by atoms with E-state index in [9.17, 15) is 18.0 Å². The lowest BCUT2D eigenvalue weighted by Crippen LogP contribution is -2.47. The number of rotatable bonds is 3. The molecule has 0 aliphatic rings. The fraction of sp³-hybridized carbons (Fsp3) is 0.333. The van der Waals surface area contributed by atoms with Crippen LogP contribution < -0.4 is 16.2 Å². The van der Waals surface area contributed by atoms with Crippen LogP contribution in [0.15, 0.2) is 24.3 Å². The minimum absolute atomic E-state index is 0.175. The second-order valence-electron chi connectivity index (χ2n) is 3.91. The average molecular weight is 305 g/mol. The van der Waals surface area contributed by atoms with Crippen LogP contribution >= 0.6 is 12.2 Å². The Labute approximate surface area is 119 Å². The van der Waals surface area contributed by atoms with Crippen molar-refractivity contribution in [1.82, 2.24) is 16.2 Å². The minimum atomic E-state index is -4.42. The molecule has 110 valence electrons. The molecule has 0 radical (unpaired) electrons. The fourth-order valence-electron chi connectivity index (χ4n) is 1.42. The van der Waals surface area contributed by atoms with Crippen LogP contribution in [0.1, 0.15) is 18.1 Å². The van der Waals surface area contributed by atoms with E-state index in [0.717, 1.165) is 12.1 Å². The Kier molecular flexibility index (Phi) is 5.75. The summed E-state index contributed by atoms with van der Waals surface area (Å²) in [6.07, 6.45) is -4.59. The topological polar surface area (TPSA) is 53.2 Å². The first-order valence-electron chi connectivity index (χ1n) is 5.81. The summed E-state index contributed by atoms with van der Waals surface area (Å²) in [4.78, 5) is 11.5. The van der Waals surface area contributed by atoms with Gasteiger partial charge in [-0.25, -0.2) is 0 Å². The number of hydrogen-bond acceptors (Lipinski definition) is 2. The Morgan fingerprint density at radius 3 is 2.60 bits per heavy atom. The molecule has 0 atom stereocenters. The highest BCUT2D eigenvalue weighted by Gasteiger charge is 2.30. The van der Waals surface area contributed by atoms with E-state index < -0.39 is 17.6 Å². The van der Waals surface area contributed by atoms with E-state index in [2.05, 4.69) is 16.2 Å². The lowest BCUT2D eigenvalue weighted by molar-refractivity contribution is -0.137. The van der Waals surface area contributed by atoms with Crippen LogP contribution in [0.3, 0.4) is 0 Å². The Morgan fingerprint density at radius 1 is 1.30 bits per heavy atom. The number of nitrogens with one attached hydrogen (secondary N) is 3. The predicted octanol–water partition coefficient (Wildman–Crippen LogP) is 1.76. The molecule has 0 aliphatic carbocycles. The Balaban J connectivity index is 2.56. The molecule has 0 saturated heterocycles. The first kappa shape index (κ1) is 16.2. The van der Waals surface area contributed by atoms with Gasteiger partial charge in [-0.15, -0.1) is 0 Å². The highest BCUT2D eigenvalue weighted by molar-refractivity contribution is 7.80. The molecule has 1 amide bonds. The third-order valence-electron chi connectivity index (χ3n) is 2.27. The van der Waals surface area contributed by atoms with Gasteiger partial charge in [0.15, 0.2) is 5.11 Å². The standard InChI is InChI=1S/C12H14F3N3OS/c1-2-16-11(20)18-17-10(19)7-8-4-3-5-9(6-8)12(13,14)15/h3-6H,2,7H2,1H3,(H,17,19)(H2,16,18,20). The second kappa shape index (κ2) is 7.09. The van der Waals surface area contributed by atoms with E-state index in [0.29, 0.717) is 6.54 Å². The molecule has 0 aliphatic heterocycles. The van der Waals surface area contributed by atoms with Crippen molar-refractivity contribution in [1.29, 1.82) is 0 Å². The number of halogens is 3. The third kappa shape index (κ3) is 5.43. The summed E-state index contributed by atoms with van der Waals surface area (Å²) in [6, 6.07) is 4.63. The molecule has 0 heterocycles. The van der Waals surface area contributed by atoms with E-state index in [1.807, 2.05) is 6.92 Å². The predicted molar refractivity (Wildman–Crippen MR) is 72.7 cm³/mol. The number of hydrogen-bond donors (Lipinski definition) is 3. The summed E-state index contributed by atoms with van der Waals surface area (Å²) in [5.41, 5.74) is 4.24. The molecule has 1 aromatic carbocycles. The molecule has 3 N–H and O–H groups in total. The van der Waals surface area contributed by atoms with Gasteiger partial charge in [0, 0.05) is 6.54 Å². The molecular weight excluding hydrogens is 291 g/mol. The maximum atomic E-state index is 12.5. The molecule has 0 unspecified atom stereocenters. The third-order valence-corrected chi connectivity index (χ3v) is 2.52. The summed E-state index contributed by atoms with van der Waals surface area (Å²) in [5, 5.41) is 2.99. The Morgan fingerprint density at radius 2 is 2.00 bits per heavy atom. The normalized spacial score (nSPS) is 10.8. The molecule has 0 bridgehead atoms. The van der Waals surface area contributed by atoms with Gasteiger partial charge in [0.25, 0.3) is 0 Å². The van der Waals surface area contributed by atoms with Crippen molar-refractivity contribution < 1.29 is 18.0 Å². The zero-order chi connectivity index (χ0) is 15.2. The van der Waals surface area contributed by atoms with E-state index in [-0.39, 0.29) is 17.1 Å². The molecule has 0 saturated carbocycles. The SMILES string of the molecule is CCNC(=S)NNC(=O)Cc1cccc(C(F)(F)F)c1. The van der Waals surface area contributed by atoms with Crippen LogP contribution in [0.2, 0.25) is 0 Å². The van der Waals surface area contributed by atoms with Gasteiger partial charge in [0.2, 0.25) is 5.91 Å². The number of hydrazine groups is 1. The van der Waals surface area contributed by atoms with Crippen molar-refractivity contribution in [2.24, 2.45) is 0 Å². The molecule has 20 heavy (non-hydrogen) atoms. The van der Waals surface area contributed by atoms with Gasteiger partial charge in [0.05, 0.1) is 12.0 Å². The molecule has 0 fully saturated rings. The van der Waals surface area contributed by atoms with Crippen molar-refractivity contribution in [2.45, 2.75) is 19.5 Å². The van der Waals surface area contributed by atoms with E-state index in [1.54, 1.807) is 0 Å². The monoisotopic (exact) mass is 305 g/mol. The van der Waals surface area contributed by atoms with Crippen LogP contribution in [-0.4, -0.2) is 17.6 Å².